The molecule has 0 aliphatic carbocycles. The maximum Gasteiger partial charge on any atom is 0.219 e. The molecule has 0 N–H and O–H groups in total. The largest absolute Gasteiger partial charge is 0.478 e. The van der Waals surface area contributed by atoms with Gasteiger partial charge in [0, 0.05) is 37.2 Å². The summed E-state index contributed by atoms with van der Waals surface area (Å²) in [6.45, 7) is 9.38. The molecule has 22 heavy (non-hydrogen) atoms. The quantitative estimate of drug-likeness (QED) is 0.861. The molecule has 6 heteroatoms. The SMILES string of the molecule is CCOc1ncnc2c1CCN(Cc1c(C)noc1C)CC2. The van der Waals surface area contributed by atoms with Crippen LogP contribution in [0, 0.1) is 13.8 Å². The molecule has 2 aromatic heterocycles. The summed E-state index contributed by atoms with van der Waals surface area (Å²) < 4.78 is 10.9. The number of aromatic nitrogens is 3. The summed E-state index contributed by atoms with van der Waals surface area (Å²) >= 11 is 0. The maximum atomic E-state index is 5.64. The molecule has 0 atom stereocenters. The first kappa shape index (κ1) is 15.0. The van der Waals surface area contributed by atoms with E-state index in [1.165, 1.54) is 5.56 Å². The zero-order valence-electron chi connectivity index (χ0n) is 13.4. The molecule has 0 amide bonds. The summed E-state index contributed by atoms with van der Waals surface area (Å²) in [6, 6.07) is 0. The number of rotatable bonds is 4. The van der Waals surface area contributed by atoms with Crippen molar-refractivity contribution in [1.82, 2.24) is 20.0 Å². The van der Waals surface area contributed by atoms with Crippen molar-refractivity contribution in [2.45, 2.75) is 40.2 Å². The van der Waals surface area contributed by atoms with Gasteiger partial charge in [-0.25, -0.2) is 9.97 Å². The Morgan fingerprint density at radius 2 is 2.05 bits per heavy atom. The van der Waals surface area contributed by atoms with E-state index in [0.717, 1.165) is 61.1 Å². The van der Waals surface area contributed by atoms with Crippen molar-refractivity contribution >= 4 is 0 Å². The van der Waals surface area contributed by atoms with E-state index in [-0.39, 0.29) is 0 Å². The van der Waals surface area contributed by atoms with Crippen LogP contribution in [0.5, 0.6) is 5.88 Å². The first-order valence-electron chi connectivity index (χ1n) is 7.78. The highest BCUT2D eigenvalue weighted by Gasteiger charge is 2.21. The standard InChI is InChI=1S/C16H22N4O2/c1-4-21-16-13-5-7-20(8-6-15(13)17-10-18-16)9-14-11(2)19-22-12(14)3/h10H,4-9H2,1-3H3. The first-order valence-corrected chi connectivity index (χ1v) is 7.78. The molecule has 0 spiro atoms. The summed E-state index contributed by atoms with van der Waals surface area (Å²) in [5.74, 6) is 1.65. The van der Waals surface area contributed by atoms with E-state index in [9.17, 15) is 0 Å². The molecular formula is C16H22N4O2. The van der Waals surface area contributed by atoms with Crippen LogP contribution in [0.2, 0.25) is 0 Å². The number of nitrogens with zero attached hydrogens (tertiary/aromatic N) is 4. The average molecular weight is 302 g/mol. The number of hydrogen-bond donors (Lipinski definition) is 0. The third kappa shape index (κ3) is 2.97. The van der Waals surface area contributed by atoms with E-state index in [0.29, 0.717) is 6.61 Å². The molecule has 1 aliphatic rings. The highest BCUT2D eigenvalue weighted by Crippen LogP contribution is 2.23. The fourth-order valence-electron chi connectivity index (χ4n) is 2.91. The van der Waals surface area contributed by atoms with Gasteiger partial charge in [0.2, 0.25) is 5.88 Å². The third-order valence-corrected chi connectivity index (χ3v) is 4.18. The van der Waals surface area contributed by atoms with Gasteiger partial charge in [0.1, 0.15) is 12.1 Å². The highest BCUT2D eigenvalue weighted by atomic mass is 16.5. The van der Waals surface area contributed by atoms with Crippen molar-refractivity contribution in [3.05, 3.63) is 34.6 Å². The third-order valence-electron chi connectivity index (χ3n) is 4.18. The predicted octanol–water partition coefficient (Wildman–Crippen LogP) is 2.08. The Kier molecular flexibility index (Phi) is 4.38. The van der Waals surface area contributed by atoms with Gasteiger partial charge in [0.05, 0.1) is 18.0 Å². The van der Waals surface area contributed by atoms with Gasteiger partial charge in [-0.15, -0.1) is 0 Å². The van der Waals surface area contributed by atoms with Gasteiger partial charge in [-0.1, -0.05) is 5.16 Å². The van der Waals surface area contributed by atoms with Crippen LogP contribution >= 0.6 is 0 Å². The van der Waals surface area contributed by atoms with Gasteiger partial charge in [0.25, 0.3) is 0 Å². The minimum Gasteiger partial charge on any atom is -0.478 e. The van der Waals surface area contributed by atoms with Gasteiger partial charge < -0.3 is 9.26 Å². The highest BCUT2D eigenvalue weighted by molar-refractivity contribution is 5.31. The topological polar surface area (TPSA) is 64.3 Å². The lowest BCUT2D eigenvalue weighted by Gasteiger charge is -2.19. The monoisotopic (exact) mass is 302 g/mol. The fourth-order valence-corrected chi connectivity index (χ4v) is 2.91. The zero-order valence-corrected chi connectivity index (χ0v) is 13.4. The molecule has 0 radical (unpaired) electrons. The second-order valence-electron chi connectivity index (χ2n) is 5.62. The van der Waals surface area contributed by atoms with Crippen molar-refractivity contribution < 1.29 is 9.26 Å². The lowest BCUT2D eigenvalue weighted by molar-refractivity contribution is 0.274. The Morgan fingerprint density at radius 1 is 1.23 bits per heavy atom. The molecule has 0 bridgehead atoms. The predicted molar refractivity (Wildman–Crippen MR) is 81.9 cm³/mol. The van der Waals surface area contributed by atoms with Gasteiger partial charge >= 0.3 is 0 Å². The van der Waals surface area contributed by atoms with Crippen LogP contribution in [-0.2, 0) is 19.4 Å². The molecule has 3 heterocycles. The van der Waals surface area contributed by atoms with Gasteiger partial charge in [-0.05, 0) is 27.2 Å². The second kappa shape index (κ2) is 6.44. The van der Waals surface area contributed by atoms with Crippen molar-refractivity contribution in [2.24, 2.45) is 0 Å². The molecule has 0 saturated carbocycles. The van der Waals surface area contributed by atoms with Crippen LogP contribution in [0.1, 0.15) is 35.2 Å². The van der Waals surface area contributed by atoms with Crippen LogP contribution in [0.3, 0.4) is 0 Å². The Morgan fingerprint density at radius 3 is 2.77 bits per heavy atom. The molecule has 6 nitrogen and oxygen atoms in total. The Bertz CT molecular complexity index is 634. The van der Waals surface area contributed by atoms with Gasteiger partial charge in [-0.2, -0.15) is 0 Å². The summed E-state index contributed by atoms with van der Waals surface area (Å²) in [5.41, 5.74) is 4.45. The molecule has 0 aromatic carbocycles. The molecular weight excluding hydrogens is 280 g/mol. The number of hydrogen-bond acceptors (Lipinski definition) is 6. The summed E-state index contributed by atoms with van der Waals surface area (Å²) in [4.78, 5) is 11.1. The van der Waals surface area contributed by atoms with Crippen LogP contribution in [0.25, 0.3) is 0 Å². The number of aryl methyl sites for hydroxylation is 2. The lowest BCUT2D eigenvalue weighted by Crippen LogP contribution is -2.26. The molecule has 0 fully saturated rings. The Balaban J connectivity index is 1.75. The molecule has 0 unspecified atom stereocenters. The van der Waals surface area contributed by atoms with E-state index in [2.05, 4.69) is 20.0 Å². The molecule has 2 aromatic rings. The van der Waals surface area contributed by atoms with Crippen LogP contribution in [0.4, 0.5) is 0 Å². The fraction of sp³-hybridized carbons (Fsp3) is 0.562. The minimum atomic E-state index is 0.631. The smallest absolute Gasteiger partial charge is 0.219 e. The maximum absolute atomic E-state index is 5.64. The molecule has 118 valence electrons. The Hall–Kier alpha value is -1.95. The second-order valence-corrected chi connectivity index (χ2v) is 5.62. The molecule has 1 aliphatic heterocycles. The van der Waals surface area contributed by atoms with Crippen molar-refractivity contribution in [2.75, 3.05) is 19.7 Å². The molecule has 3 rings (SSSR count). The van der Waals surface area contributed by atoms with Crippen LogP contribution < -0.4 is 4.74 Å². The van der Waals surface area contributed by atoms with Crippen molar-refractivity contribution in [1.29, 1.82) is 0 Å². The van der Waals surface area contributed by atoms with Gasteiger partial charge in [-0.3, -0.25) is 4.90 Å². The normalized spacial score (nSPS) is 15.4. The Labute approximate surface area is 130 Å². The average Bonchev–Trinajstić information content (AvgIpc) is 2.73. The number of fused-ring (bicyclic) bond motifs is 1. The summed E-state index contributed by atoms with van der Waals surface area (Å²) in [7, 11) is 0. The first-order chi connectivity index (χ1) is 10.7. The van der Waals surface area contributed by atoms with E-state index in [1.54, 1.807) is 6.33 Å². The van der Waals surface area contributed by atoms with E-state index in [1.807, 2.05) is 20.8 Å². The lowest BCUT2D eigenvalue weighted by atomic mass is 10.1. The van der Waals surface area contributed by atoms with E-state index < -0.39 is 0 Å². The van der Waals surface area contributed by atoms with Crippen molar-refractivity contribution in [3.63, 3.8) is 0 Å². The summed E-state index contributed by atoms with van der Waals surface area (Å²) in [6.07, 6.45) is 3.43. The van der Waals surface area contributed by atoms with Crippen LogP contribution in [0.15, 0.2) is 10.9 Å². The number of ether oxygens (including phenoxy) is 1. The van der Waals surface area contributed by atoms with E-state index in [4.69, 9.17) is 9.26 Å². The summed E-state index contributed by atoms with van der Waals surface area (Å²) in [5, 5.41) is 4.04. The molecule has 0 saturated heterocycles. The van der Waals surface area contributed by atoms with E-state index >= 15 is 0 Å². The zero-order chi connectivity index (χ0) is 15.5. The van der Waals surface area contributed by atoms with Crippen LogP contribution in [-0.4, -0.2) is 39.7 Å². The van der Waals surface area contributed by atoms with Crippen molar-refractivity contribution in [3.8, 4) is 5.88 Å². The van der Waals surface area contributed by atoms with Gasteiger partial charge in [0.15, 0.2) is 0 Å². The minimum absolute atomic E-state index is 0.631.